The molecule has 1 aromatic rings. The predicted molar refractivity (Wildman–Crippen MR) is 75.2 cm³/mol. The third-order valence-electron chi connectivity index (χ3n) is 2.56. The van der Waals surface area contributed by atoms with Crippen molar-refractivity contribution in [2.45, 2.75) is 11.1 Å². The summed E-state index contributed by atoms with van der Waals surface area (Å²) >= 11 is 5.58. The first-order valence-corrected chi connectivity index (χ1v) is 7.65. The molecule has 1 aliphatic rings. The summed E-state index contributed by atoms with van der Waals surface area (Å²) in [5, 5.41) is 8.96. The van der Waals surface area contributed by atoms with E-state index in [1.807, 2.05) is 0 Å². The van der Waals surface area contributed by atoms with Crippen LogP contribution in [0.3, 0.4) is 0 Å². The molecule has 0 bridgehead atoms. The summed E-state index contributed by atoms with van der Waals surface area (Å²) < 4.78 is 22.7. The Kier molecular flexibility index (Phi) is 3.78. The summed E-state index contributed by atoms with van der Waals surface area (Å²) in [7, 11) is -3.31. The zero-order valence-electron chi connectivity index (χ0n) is 10.3. The first-order chi connectivity index (χ1) is 9.29. The Labute approximate surface area is 120 Å². The molecule has 1 aliphatic heterocycles. The molecule has 0 spiro atoms. The number of aliphatic carboxylic acids is 1. The van der Waals surface area contributed by atoms with Crippen molar-refractivity contribution in [2.75, 3.05) is 11.2 Å². The van der Waals surface area contributed by atoms with Crippen molar-refractivity contribution < 1.29 is 18.3 Å². The number of aliphatic imine (C=N–C) groups is 2. The number of sulfone groups is 1. The Balaban J connectivity index is 2.36. The van der Waals surface area contributed by atoms with Gasteiger partial charge in [0.15, 0.2) is 9.84 Å². The van der Waals surface area contributed by atoms with E-state index in [-0.39, 0.29) is 10.2 Å². The van der Waals surface area contributed by atoms with Gasteiger partial charge in [0.1, 0.15) is 6.34 Å². The van der Waals surface area contributed by atoms with Gasteiger partial charge in [-0.1, -0.05) is 0 Å². The maximum Gasteiger partial charge on any atom is 0.349 e. The molecule has 0 fully saturated rings. The van der Waals surface area contributed by atoms with Gasteiger partial charge in [-0.2, -0.15) is 0 Å². The zero-order chi connectivity index (χ0) is 14.9. The van der Waals surface area contributed by atoms with Crippen molar-refractivity contribution in [3.05, 3.63) is 24.3 Å². The summed E-state index contributed by atoms with van der Waals surface area (Å²) in [6.45, 7) is 0. The van der Waals surface area contributed by atoms with Crippen LogP contribution in [-0.4, -0.2) is 43.5 Å². The minimum absolute atomic E-state index is 0.142. The summed E-state index contributed by atoms with van der Waals surface area (Å²) in [6.07, 6.45) is 1.10. The molecule has 0 aromatic heterocycles. The van der Waals surface area contributed by atoms with E-state index in [1.54, 1.807) is 0 Å². The Bertz CT molecular complexity index is 697. The topological polar surface area (TPSA) is 99.4 Å². The van der Waals surface area contributed by atoms with Crippen LogP contribution >= 0.6 is 11.6 Å². The lowest BCUT2D eigenvalue weighted by molar-refractivity contribution is -0.138. The van der Waals surface area contributed by atoms with Crippen LogP contribution < -0.4 is 4.90 Å². The number of carboxylic acid groups (broad SMARTS) is 1. The van der Waals surface area contributed by atoms with Crippen LogP contribution in [0.5, 0.6) is 0 Å². The molecule has 1 atom stereocenters. The molecule has 1 unspecified atom stereocenters. The molecular formula is C11H10ClN3O4S. The summed E-state index contributed by atoms with van der Waals surface area (Å²) in [5.41, 5.74) is 0.446. The Morgan fingerprint density at radius 2 is 1.95 bits per heavy atom. The summed E-state index contributed by atoms with van der Waals surface area (Å²) in [5.74, 6) is -1.19. The van der Waals surface area contributed by atoms with Crippen molar-refractivity contribution in [3.8, 4) is 0 Å². The van der Waals surface area contributed by atoms with Crippen LogP contribution in [0.25, 0.3) is 0 Å². The van der Waals surface area contributed by atoms with Gasteiger partial charge in [0, 0.05) is 11.9 Å². The first kappa shape index (κ1) is 14.5. The SMILES string of the molecule is CS(=O)(=O)c1ccc(N2C=NC(Cl)=NC2C(=O)O)cc1. The molecule has 0 radical (unpaired) electrons. The highest BCUT2D eigenvalue weighted by molar-refractivity contribution is 7.90. The highest BCUT2D eigenvalue weighted by Gasteiger charge is 2.27. The molecule has 1 aromatic carbocycles. The number of halogens is 1. The number of amidine groups is 1. The van der Waals surface area contributed by atoms with E-state index in [2.05, 4.69) is 9.98 Å². The molecule has 20 heavy (non-hydrogen) atoms. The van der Waals surface area contributed by atoms with Crippen molar-refractivity contribution in [3.63, 3.8) is 0 Å². The second kappa shape index (κ2) is 5.22. The van der Waals surface area contributed by atoms with E-state index < -0.39 is 22.0 Å². The molecule has 0 aliphatic carbocycles. The number of nitrogens with zero attached hydrogens (tertiary/aromatic N) is 3. The average molecular weight is 316 g/mol. The molecule has 9 heteroatoms. The number of rotatable bonds is 3. The summed E-state index contributed by atoms with van der Waals surface area (Å²) in [6, 6.07) is 5.73. The van der Waals surface area contributed by atoms with Crippen LogP contribution in [0, 0.1) is 0 Å². The maximum atomic E-state index is 11.4. The second-order valence-corrected chi connectivity index (χ2v) is 6.38. The minimum Gasteiger partial charge on any atom is -0.478 e. The number of hydrogen-bond donors (Lipinski definition) is 1. The van der Waals surface area contributed by atoms with Gasteiger partial charge in [0.05, 0.1) is 4.90 Å². The van der Waals surface area contributed by atoms with Crippen LogP contribution in [0.15, 0.2) is 39.1 Å². The average Bonchev–Trinajstić information content (AvgIpc) is 2.37. The third kappa shape index (κ3) is 2.97. The van der Waals surface area contributed by atoms with Gasteiger partial charge in [-0.05, 0) is 35.9 Å². The van der Waals surface area contributed by atoms with Gasteiger partial charge < -0.3 is 5.11 Å². The van der Waals surface area contributed by atoms with E-state index >= 15 is 0 Å². The lowest BCUT2D eigenvalue weighted by Crippen LogP contribution is -2.41. The Morgan fingerprint density at radius 3 is 2.45 bits per heavy atom. The Morgan fingerprint density at radius 1 is 1.35 bits per heavy atom. The molecule has 1 heterocycles. The van der Waals surface area contributed by atoms with Gasteiger partial charge in [-0.25, -0.2) is 23.2 Å². The monoisotopic (exact) mass is 315 g/mol. The van der Waals surface area contributed by atoms with E-state index in [4.69, 9.17) is 16.7 Å². The van der Waals surface area contributed by atoms with E-state index in [9.17, 15) is 13.2 Å². The van der Waals surface area contributed by atoms with Gasteiger partial charge in [0.25, 0.3) is 0 Å². The molecule has 2 rings (SSSR count). The number of carbonyl (C=O) groups is 1. The number of benzene rings is 1. The van der Waals surface area contributed by atoms with Crippen molar-refractivity contribution in [1.82, 2.24) is 0 Å². The van der Waals surface area contributed by atoms with Gasteiger partial charge in [0.2, 0.25) is 11.5 Å². The standard InChI is InChI=1S/C11H10ClN3O4S/c1-20(18,19)8-4-2-7(3-5-8)15-6-13-11(12)14-9(15)10(16)17/h2-6,9H,1H3,(H,16,17). The second-order valence-electron chi connectivity index (χ2n) is 4.03. The number of hydrogen-bond acceptors (Lipinski definition) is 6. The van der Waals surface area contributed by atoms with Crippen LogP contribution in [0.2, 0.25) is 0 Å². The van der Waals surface area contributed by atoms with Gasteiger partial charge in [-0.3, -0.25) is 4.90 Å². The molecular weight excluding hydrogens is 306 g/mol. The fraction of sp³-hybridized carbons (Fsp3) is 0.182. The van der Waals surface area contributed by atoms with E-state index in [1.165, 1.54) is 35.5 Å². The molecule has 0 saturated carbocycles. The van der Waals surface area contributed by atoms with Crippen LogP contribution in [0.4, 0.5) is 5.69 Å². The predicted octanol–water partition coefficient (Wildman–Crippen LogP) is 0.944. The lowest BCUT2D eigenvalue weighted by atomic mass is 10.2. The van der Waals surface area contributed by atoms with Crippen molar-refractivity contribution >= 4 is 44.7 Å². The fourth-order valence-electron chi connectivity index (χ4n) is 1.62. The smallest absolute Gasteiger partial charge is 0.349 e. The highest BCUT2D eigenvalue weighted by Crippen LogP contribution is 2.21. The van der Waals surface area contributed by atoms with Crippen LogP contribution in [-0.2, 0) is 14.6 Å². The molecule has 7 nitrogen and oxygen atoms in total. The zero-order valence-corrected chi connectivity index (χ0v) is 11.8. The Hall–Kier alpha value is -1.93. The quantitative estimate of drug-likeness (QED) is 0.837. The lowest BCUT2D eigenvalue weighted by Gasteiger charge is -2.26. The summed E-state index contributed by atoms with van der Waals surface area (Å²) in [4.78, 5) is 20.0. The highest BCUT2D eigenvalue weighted by atomic mass is 35.5. The maximum absolute atomic E-state index is 11.4. The third-order valence-corrected chi connectivity index (χ3v) is 3.89. The first-order valence-electron chi connectivity index (χ1n) is 5.38. The molecule has 1 N–H and O–H groups in total. The van der Waals surface area contributed by atoms with E-state index in [0.29, 0.717) is 5.69 Å². The van der Waals surface area contributed by atoms with Crippen molar-refractivity contribution in [2.24, 2.45) is 9.98 Å². The van der Waals surface area contributed by atoms with Crippen LogP contribution in [0.1, 0.15) is 0 Å². The van der Waals surface area contributed by atoms with Gasteiger partial charge in [-0.15, -0.1) is 0 Å². The number of anilines is 1. The normalized spacial score (nSPS) is 18.8. The minimum atomic E-state index is -3.31. The molecule has 0 saturated heterocycles. The largest absolute Gasteiger partial charge is 0.478 e. The van der Waals surface area contributed by atoms with Crippen molar-refractivity contribution in [1.29, 1.82) is 0 Å². The molecule has 106 valence electrons. The van der Waals surface area contributed by atoms with Gasteiger partial charge >= 0.3 is 5.97 Å². The van der Waals surface area contributed by atoms with E-state index in [0.717, 1.165) is 6.26 Å². The molecule has 0 amide bonds. The fourth-order valence-corrected chi connectivity index (χ4v) is 2.38. The number of carboxylic acids is 1.